The summed E-state index contributed by atoms with van der Waals surface area (Å²) in [7, 11) is 0. The Bertz CT molecular complexity index is 933. The number of carbonyl (C=O) groups excluding carboxylic acids is 1. The largest absolute Gasteiger partial charge is 0.507 e. The van der Waals surface area contributed by atoms with E-state index in [2.05, 4.69) is 6.92 Å². The summed E-state index contributed by atoms with van der Waals surface area (Å²) in [5.41, 5.74) is 2.03. The molecule has 0 saturated carbocycles. The minimum absolute atomic E-state index is 0.161. The van der Waals surface area contributed by atoms with Gasteiger partial charge in [0.25, 0.3) is 0 Å². The number of hydrogen-bond donors (Lipinski definition) is 3. The van der Waals surface area contributed by atoms with E-state index in [1.54, 1.807) is 35.2 Å². The van der Waals surface area contributed by atoms with Crippen molar-refractivity contribution in [2.75, 3.05) is 32.7 Å². The zero-order valence-electron chi connectivity index (χ0n) is 15.9. The highest BCUT2D eigenvalue weighted by Crippen LogP contribution is 2.39. The SMILES string of the molecule is CC[NH+]1CC[NH+](Cc2c(O)ccc3c2O/C(=C\c2cccc(Cl)c2)C3=O)CC1. The lowest BCUT2D eigenvalue weighted by atomic mass is 10.0. The van der Waals surface area contributed by atoms with Crippen LogP contribution in [0.25, 0.3) is 6.08 Å². The number of quaternary nitrogens is 2. The minimum Gasteiger partial charge on any atom is -0.507 e. The molecule has 146 valence electrons. The van der Waals surface area contributed by atoms with Crippen molar-refractivity contribution in [2.45, 2.75) is 13.5 Å². The number of aromatic hydroxyl groups is 1. The van der Waals surface area contributed by atoms with Crippen molar-refractivity contribution in [1.82, 2.24) is 0 Å². The number of Topliss-reactive ketones (excluding diaryl/α,β-unsaturated/α-hetero) is 1. The van der Waals surface area contributed by atoms with Crippen molar-refractivity contribution in [3.8, 4) is 11.5 Å². The number of phenols is 1. The van der Waals surface area contributed by atoms with E-state index in [1.165, 1.54) is 4.90 Å². The molecule has 0 aliphatic carbocycles. The molecule has 28 heavy (non-hydrogen) atoms. The van der Waals surface area contributed by atoms with Crippen LogP contribution in [0.5, 0.6) is 11.5 Å². The molecule has 0 amide bonds. The van der Waals surface area contributed by atoms with Gasteiger partial charge >= 0.3 is 0 Å². The van der Waals surface area contributed by atoms with Gasteiger partial charge in [0.15, 0.2) is 11.5 Å². The van der Waals surface area contributed by atoms with Crippen LogP contribution >= 0.6 is 11.6 Å². The quantitative estimate of drug-likeness (QED) is 0.670. The monoisotopic (exact) mass is 400 g/mol. The van der Waals surface area contributed by atoms with E-state index in [9.17, 15) is 9.90 Å². The Balaban J connectivity index is 1.59. The Morgan fingerprint density at radius 3 is 2.61 bits per heavy atom. The summed E-state index contributed by atoms with van der Waals surface area (Å²) in [5, 5.41) is 11.1. The third-order valence-electron chi connectivity index (χ3n) is 5.65. The first-order valence-electron chi connectivity index (χ1n) is 9.77. The molecule has 3 N–H and O–H groups in total. The van der Waals surface area contributed by atoms with E-state index in [-0.39, 0.29) is 17.3 Å². The molecule has 0 atom stereocenters. The molecule has 2 heterocycles. The zero-order chi connectivity index (χ0) is 19.7. The fraction of sp³-hybridized carbons (Fsp3) is 0.318. The van der Waals surface area contributed by atoms with Crippen LogP contribution in [0.4, 0.5) is 0 Å². The first kappa shape index (κ1) is 19.0. The molecule has 0 aromatic heterocycles. The second-order valence-corrected chi connectivity index (χ2v) is 7.90. The van der Waals surface area contributed by atoms with Crippen molar-refractivity contribution in [1.29, 1.82) is 0 Å². The van der Waals surface area contributed by atoms with Gasteiger partial charge in [-0.05, 0) is 42.8 Å². The Kier molecular flexibility index (Phi) is 5.40. The number of carbonyl (C=O) groups is 1. The van der Waals surface area contributed by atoms with Gasteiger partial charge in [0.05, 0.1) is 17.7 Å². The number of fused-ring (bicyclic) bond motifs is 1. The van der Waals surface area contributed by atoms with Crippen molar-refractivity contribution in [2.24, 2.45) is 0 Å². The van der Waals surface area contributed by atoms with Crippen molar-refractivity contribution < 1.29 is 24.4 Å². The highest BCUT2D eigenvalue weighted by atomic mass is 35.5. The van der Waals surface area contributed by atoms with Crippen molar-refractivity contribution in [3.63, 3.8) is 0 Å². The van der Waals surface area contributed by atoms with Crippen molar-refractivity contribution >= 4 is 23.5 Å². The van der Waals surface area contributed by atoms with Gasteiger partial charge in [-0.3, -0.25) is 4.79 Å². The van der Waals surface area contributed by atoms with Crippen LogP contribution in [0, 0.1) is 0 Å². The Hall–Kier alpha value is -2.34. The molecule has 2 aliphatic heterocycles. The van der Waals surface area contributed by atoms with Crippen molar-refractivity contribution in [3.05, 3.63) is 63.9 Å². The van der Waals surface area contributed by atoms with E-state index < -0.39 is 0 Å². The van der Waals surface area contributed by atoms with Gasteiger partial charge < -0.3 is 19.6 Å². The number of ether oxygens (including phenoxy) is 1. The van der Waals surface area contributed by atoms with E-state index >= 15 is 0 Å². The molecule has 1 fully saturated rings. The molecule has 2 aliphatic rings. The molecule has 4 rings (SSSR count). The molecule has 0 spiro atoms. The number of halogens is 1. The normalized spacial score (nSPS) is 22.9. The lowest BCUT2D eigenvalue weighted by molar-refractivity contribution is -1.02. The van der Waals surface area contributed by atoms with Crippen LogP contribution in [0.1, 0.15) is 28.4 Å². The summed E-state index contributed by atoms with van der Waals surface area (Å²) in [6, 6.07) is 10.5. The van der Waals surface area contributed by atoms with E-state index in [0.29, 0.717) is 22.9 Å². The second kappa shape index (κ2) is 7.95. The standard InChI is InChI=1S/C22H23ClN2O3/c1-2-24-8-10-25(11-9-24)14-18-19(26)7-6-17-21(27)20(28-22(17)18)13-15-4-3-5-16(23)12-15/h3-7,12-13,26H,2,8-11,14H2,1H3/p+2/b20-13-. The molecule has 0 radical (unpaired) electrons. The first-order chi connectivity index (χ1) is 13.5. The average Bonchev–Trinajstić information content (AvgIpc) is 3.00. The first-order valence-corrected chi connectivity index (χ1v) is 10.1. The molecule has 2 aromatic carbocycles. The summed E-state index contributed by atoms with van der Waals surface area (Å²) in [6.45, 7) is 8.36. The number of rotatable bonds is 4. The Labute approximate surface area is 169 Å². The molecular weight excluding hydrogens is 376 g/mol. The number of phenolic OH excluding ortho intramolecular Hbond substituents is 1. The number of nitrogens with one attached hydrogen (secondary N) is 2. The minimum atomic E-state index is -0.161. The number of hydrogen-bond acceptors (Lipinski definition) is 3. The predicted octanol–water partition coefficient (Wildman–Crippen LogP) is 0.965. The maximum Gasteiger partial charge on any atom is 0.231 e. The molecule has 6 heteroatoms. The number of ketones is 1. The maximum absolute atomic E-state index is 12.8. The zero-order valence-corrected chi connectivity index (χ0v) is 16.7. The van der Waals surface area contributed by atoms with Gasteiger partial charge in [-0.1, -0.05) is 23.7 Å². The molecular formula is C22H25ClN2O3+2. The smallest absolute Gasteiger partial charge is 0.231 e. The summed E-state index contributed by atoms with van der Waals surface area (Å²) < 4.78 is 5.95. The highest BCUT2D eigenvalue weighted by molar-refractivity contribution is 6.30. The van der Waals surface area contributed by atoms with E-state index in [4.69, 9.17) is 16.3 Å². The Morgan fingerprint density at radius 2 is 1.89 bits per heavy atom. The molecule has 2 aromatic rings. The summed E-state index contributed by atoms with van der Waals surface area (Å²) in [4.78, 5) is 15.8. The summed E-state index contributed by atoms with van der Waals surface area (Å²) in [6.07, 6.45) is 1.70. The third kappa shape index (κ3) is 3.78. The van der Waals surface area contributed by atoms with Gasteiger partial charge in [0.1, 0.15) is 38.5 Å². The number of piperazine rings is 1. The van der Waals surface area contributed by atoms with Crippen LogP contribution < -0.4 is 14.5 Å². The van der Waals surface area contributed by atoms with Crippen LogP contribution in [0.2, 0.25) is 5.02 Å². The lowest BCUT2D eigenvalue weighted by Gasteiger charge is -2.29. The van der Waals surface area contributed by atoms with Crippen LogP contribution in [-0.2, 0) is 6.54 Å². The van der Waals surface area contributed by atoms with E-state index in [1.807, 2.05) is 12.1 Å². The average molecular weight is 401 g/mol. The molecule has 0 bridgehead atoms. The number of allylic oxidation sites excluding steroid dienone is 1. The molecule has 1 saturated heterocycles. The van der Waals surface area contributed by atoms with Crippen LogP contribution in [0.15, 0.2) is 42.2 Å². The third-order valence-corrected chi connectivity index (χ3v) is 5.89. The lowest BCUT2D eigenvalue weighted by Crippen LogP contribution is -3.27. The second-order valence-electron chi connectivity index (χ2n) is 7.47. The highest BCUT2D eigenvalue weighted by Gasteiger charge is 2.33. The van der Waals surface area contributed by atoms with Gasteiger partial charge in [-0.15, -0.1) is 0 Å². The summed E-state index contributed by atoms with van der Waals surface area (Å²) >= 11 is 6.04. The van der Waals surface area contributed by atoms with Gasteiger partial charge in [0.2, 0.25) is 5.78 Å². The van der Waals surface area contributed by atoms with Gasteiger partial charge in [0, 0.05) is 5.02 Å². The summed E-state index contributed by atoms with van der Waals surface area (Å²) in [5.74, 6) is 0.787. The molecule has 5 nitrogen and oxygen atoms in total. The fourth-order valence-electron chi connectivity index (χ4n) is 3.95. The Morgan fingerprint density at radius 1 is 1.14 bits per heavy atom. The van der Waals surface area contributed by atoms with E-state index in [0.717, 1.165) is 43.9 Å². The fourth-order valence-corrected chi connectivity index (χ4v) is 4.15. The maximum atomic E-state index is 12.8. The molecule has 0 unspecified atom stereocenters. The van der Waals surface area contributed by atoms with Gasteiger partial charge in [-0.25, -0.2) is 0 Å². The van der Waals surface area contributed by atoms with Crippen LogP contribution in [-0.4, -0.2) is 43.6 Å². The number of benzene rings is 2. The predicted molar refractivity (Wildman–Crippen MR) is 108 cm³/mol. The topological polar surface area (TPSA) is 55.4 Å². The number of likely N-dealkylation sites (N-methyl/N-ethyl adjacent to an activating group) is 1. The van der Waals surface area contributed by atoms with Crippen LogP contribution in [0.3, 0.4) is 0 Å². The van der Waals surface area contributed by atoms with Gasteiger partial charge in [-0.2, -0.15) is 0 Å².